The van der Waals surface area contributed by atoms with Crippen LogP contribution in [-0.2, 0) is 26.3 Å². The monoisotopic (exact) mass is 1630 g/mol. The lowest BCUT2D eigenvalue weighted by atomic mass is 9.95. The van der Waals surface area contributed by atoms with Gasteiger partial charge in [-0.2, -0.15) is 0 Å². The summed E-state index contributed by atoms with van der Waals surface area (Å²) in [7, 11) is 1.33. The van der Waals surface area contributed by atoms with Gasteiger partial charge in [-0.15, -0.1) is 11.3 Å². The summed E-state index contributed by atoms with van der Waals surface area (Å²) in [6, 6.07) is 32.3. The highest BCUT2D eigenvalue weighted by Crippen LogP contribution is 2.44. The third kappa shape index (κ3) is 14.5. The van der Waals surface area contributed by atoms with Gasteiger partial charge in [0.15, 0.2) is 93.1 Å². The molecule has 13 aromatic rings. The number of nitrogens with zero attached hydrogens (tertiary/aromatic N) is 5. The minimum atomic E-state index is -1.69. The van der Waals surface area contributed by atoms with Crippen molar-refractivity contribution in [3.05, 3.63) is 329 Å². The molecular formula is C84H45F18N5O8S. The van der Waals surface area contributed by atoms with E-state index in [0.29, 0.717) is 11.1 Å². The van der Waals surface area contributed by atoms with Crippen LogP contribution >= 0.6 is 11.3 Å². The smallest absolute Gasteiger partial charge is 0.337 e. The van der Waals surface area contributed by atoms with Crippen LogP contribution in [0.25, 0.3) is 66.2 Å². The maximum Gasteiger partial charge on any atom is 0.337 e. The highest BCUT2D eigenvalue weighted by atomic mass is 32.1. The molecule has 0 bridgehead atoms. The number of aromatic carboxylic acids is 4. The molecule has 3 aliphatic heterocycles. The van der Waals surface area contributed by atoms with E-state index >= 15 is 0 Å². The molecule has 0 saturated carbocycles. The number of hydrogen-bond acceptors (Lipinski definition) is 9. The lowest BCUT2D eigenvalue weighted by Gasteiger charge is -2.12. The highest BCUT2D eigenvalue weighted by molar-refractivity contribution is 7.13. The zero-order valence-electron chi connectivity index (χ0n) is 59.0. The normalized spacial score (nSPS) is 12.3. The maximum atomic E-state index is 15.0. The Bertz CT molecular complexity index is 6370. The molecule has 16 rings (SSSR count). The Morgan fingerprint density at radius 1 is 0.336 bits per heavy atom. The molecule has 3 aliphatic rings. The van der Waals surface area contributed by atoms with E-state index in [9.17, 15) is 119 Å². The predicted molar refractivity (Wildman–Crippen MR) is 391 cm³/mol. The third-order valence-electron chi connectivity index (χ3n) is 18.7. The average Bonchev–Trinajstić information content (AvgIpc) is 1.56. The van der Waals surface area contributed by atoms with Gasteiger partial charge in [0.05, 0.1) is 112 Å². The van der Waals surface area contributed by atoms with Crippen molar-refractivity contribution in [1.82, 2.24) is 9.55 Å². The largest absolute Gasteiger partial charge is 0.478 e. The molecule has 0 atom stereocenters. The van der Waals surface area contributed by atoms with Crippen molar-refractivity contribution in [3.8, 4) is 55.2 Å². The number of hydrogen-bond donors (Lipinski definition) is 4. The summed E-state index contributed by atoms with van der Waals surface area (Å²) in [5.41, 5.74) is -7.33. The number of imidazole rings is 1. The molecule has 0 spiro atoms. The Morgan fingerprint density at radius 2 is 0.681 bits per heavy atom. The standard InChI is InChI=1S/C22H12F5NO2.C22H14F4N2O2.C21H10F5NO2.C19H9F4NO2S/c1-9-5-13(22(29)30)12-8-15(28-14(12)6-9)17-20(26)18(24)16(19(25)21(17)27)10-3-2-4-11(23)7-10;1-10-8-12(22(29)30)20-13(9-10)27-21(28(20)2)15-18(25)16(23)14(17(24)19(15)26)11-6-4-3-5-7-11;22-10-4-1-3-9(7-10)15-17(23)19(25)16(20(26)18(15)24)14-8-12-11(21(28)29)5-2-6-13(12)27-14;20-15-13(11-7-9-8(19(25)26)3-1-4-10(9)24-11)16(21)18(23)14(17(15)22)12-5-2-6-27-12/h2-7H,8H2,1H3,(H,29,30);3-9H,1-2H3,(H,29,30);1-7H,8H2,(H,28,29);1-6H,7H2,(H,25,26). The maximum absolute atomic E-state index is 15.0. The molecule has 0 fully saturated rings. The SMILES string of the molecule is Cc1cc(C(=O)O)c2c(c1)nc(-c1c(F)c(F)c(-c3ccccc3)c(F)c1F)n2C.Cc1cc2c(c(C(=O)O)c1)CC(c1c(F)c(F)c(-c3cccc(F)c3)c(F)c1F)=N2.O=C(O)c1cccc2c1CC(c1c(F)c(F)c(-c3cccc(F)c3)c(F)c1F)=N2.O=C(O)c1cccc2c1CC(c1c(F)c(F)c(-c3cccs3)c(F)c1F)=N2. The molecule has 5 heterocycles. The van der Waals surface area contributed by atoms with Crippen molar-refractivity contribution < 1.29 is 119 Å². The number of carboxylic acid groups (broad SMARTS) is 4. The van der Waals surface area contributed by atoms with Gasteiger partial charge in [-0.25, -0.2) is 103 Å². The Balaban J connectivity index is 0.000000135. The average molecular weight is 1630 g/mol. The first-order chi connectivity index (χ1) is 55.1. The minimum Gasteiger partial charge on any atom is -0.478 e. The number of carbonyl (C=O) groups is 4. The summed E-state index contributed by atoms with van der Waals surface area (Å²) >= 11 is 0.946. The number of fused-ring (bicyclic) bond motifs is 4. The lowest BCUT2D eigenvalue weighted by Crippen LogP contribution is -2.14. The van der Waals surface area contributed by atoms with Crippen LogP contribution in [0.15, 0.2) is 172 Å². The van der Waals surface area contributed by atoms with E-state index in [1.165, 1.54) is 109 Å². The van der Waals surface area contributed by atoms with Crippen LogP contribution in [0.3, 0.4) is 0 Å². The number of aliphatic imine (C=N–C) groups is 3. The van der Waals surface area contributed by atoms with Crippen LogP contribution in [0.5, 0.6) is 0 Å². The van der Waals surface area contributed by atoms with Crippen LogP contribution < -0.4 is 0 Å². The molecular weight excluding hydrogens is 1580 g/mol. The van der Waals surface area contributed by atoms with Crippen molar-refractivity contribution in [2.24, 2.45) is 22.0 Å². The fraction of sp³-hybridized carbons (Fsp3) is 0.0714. The molecule has 2 aromatic heterocycles. The summed E-state index contributed by atoms with van der Waals surface area (Å²) in [5.74, 6) is -33.1. The van der Waals surface area contributed by atoms with Crippen LogP contribution in [0.2, 0.25) is 0 Å². The van der Waals surface area contributed by atoms with Gasteiger partial charge in [-0.3, -0.25) is 15.0 Å². The van der Waals surface area contributed by atoms with Crippen LogP contribution in [-0.4, -0.2) is 71.0 Å². The van der Waals surface area contributed by atoms with Gasteiger partial charge in [-0.1, -0.05) is 72.8 Å². The fourth-order valence-corrected chi connectivity index (χ4v) is 14.3. The van der Waals surface area contributed by atoms with E-state index < -0.39 is 179 Å². The van der Waals surface area contributed by atoms with Gasteiger partial charge >= 0.3 is 23.9 Å². The topological polar surface area (TPSA) is 204 Å². The first kappa shape index (κ1) is 80.3. The molecule has 0 radical (unpaired) electrons. The first-order valence-corrected chi connectivity index (χ1v) is 34.5. The molecule has 0 aliphatic carbocycles. The van der Waals surface area contributed by atoms with Crippen molar-refractivity contribution in [2.45, 2.75) is 33.1 Å². The van der Waals surface area contributed by atoms with Gasteiger partial charge in [-0.05, 0) is 143 Å². The zero-order valence-corrected chi connectivity index (χ0v) is 59.8. The quantitative estimate of drug-likeness (QED) is 0.0678. The number of carboxylic acids is 4. The second-order valence-electron chi connectivity index (χ2n) is 25.9. The Hall–Kier alpha value is -13.8. The van der Waals surface area contributed by atoms with Gasteiger partial charge in [0, 0.05) is 31.2 Å². The molecule has 0 unspecified atom stereocenters. The predicted octanol–water partition coefficient (Wildman–Crippen LogP) is 22.0. The summed E-state index contributed by atoms with van der Waals surface area (Å²) < 4.78 is 264. The summed E-state index contributed by atoms with van der Waals surface area (Å²) in [6.07, 6.45) is -0.879. The second-order valence-corrected chi connectivity index (χ2v) is 26.9. The van der Waals surface area contributed by atoms with Gasteiger partial charge < -0.3 is 25.0 Å². The summed E-state index contributed by atoms with van der Waals surface area (Å²) in [6.45, 7) is 3.25. The number of benzene rings is 11. The van der Waals surface area contributed by atoms with E-state index in [1.807, 2.05) is 0 Å². The first-order valence-electron chi connectivity index (χ1n) is 33.7. The minimum absolute atomic E-state index is 0.0226. The van der Waals surface area contributed by atoms with E-state index in [0.717, 1.165) is 64.4 Å². The highest BCUT2D eigenvalue weighted by Gasteiger charge is 2.38. The molecule has 13 nitrogen and oxygen atoms in total. The Labute approximate surface area is 644 Å². The van der Waals surface area contributed by atoms with Crippen molar-refractivity contribution >= 4 is 80.4 Å². The Kier molecular flexibility index (Phi) is 21.9. The summed E-state index contributed by atoms with van der Waals surface area (Å²) in [4.78, 5) is 61.8. The Morgan fingerprint density at radius 3 is 1.08 bits per heavy atom. The molecule has 0 amide bonds. The van der Waals surface area contributed by atoms with E-state index in [-0.39, 0.29) is 125 Å². The lowest BCUT2D eigenvalue weighted by molar-refractivity contribution is 0.0685. The van der Waals surface area contributed by atoms with E-state index in [1.54, 1.807) is 19.9 Å². The van der Waals surface area contributed by atoms with Crippen molar-refractivity contribution in [3.63, 3.8) is 0 Å². The molecule has 4 N–H and O–H groups in total. The number of thiophene rings is 1. The fourth-order valence-electron chi connectivity index (χ4n) is 13.5. The van der Waals surface area contributed by atoms with Crippen LogP contribution in [0.4, 0.5) is 96.1 Å². The summed E-state index contributed by atoms with van der Waals surface area (Å²) in [5, 5.41) is 38.8. The van der Waals surface area contributed by atoms with Crippen molar-refractivity contribution in [1.29, 1.82) is 0 Å². The third-order valence-corrected chi connectivity index (χ3v) is 19.6. The van der Waals surface area contributed by atoms with Gasteiger partial charge in [0.25, 0.3) is 0 Å². The number of rotatable bonds is 12. The number of aromatic nitrogens is 2. The van der Waals surface area contributed by atoms with Crippen LogP contribution in [0.1, 0.15) is 85.9 Å². The molecule has 0 saturated heterocycles. The van der Waals surface area contributed by atoms with E-state index in [4.69, 9.17) is 0 Å². The number of halogens is 18. The molecule has 116 heavy (non-hydrogen) atoms. The second kappa shape index (κ2) is 31.7. The molecule has 32 heteroatoms. The molecule has 586 valence electrons. The van der Waals surface area contributed by atoms with Gasteiger partial charge in [0.2, 0.25) is 0 Å². The van der Waals surface area contributed by atoms with Crippen molar-refractivity contribution in [2.75, 3.05) is 0 Å². The zero-order chi connectivity index (χ0) is 83.6. The van der Waals surface area contributed by atoms with E-state index in [2.05, 4.69) is 20.0 Å². The number of aryl methyl sites for hydroxylation is 3. The van der Waals surface area contributed by atoms with Crippen LogP contribution in [0, 0.1) is 119 Å². The van der Waals surface area contributed by atoms with Gasteiger partial charge in [0.1, 0.15) is 17.5 Å². The molecule has 11 aromatic carbocycles.